The third kappa shape index (κ3) is 2.11. The van der Waals surface area contributed by atoms with E-state index in [4.69, 9.17) is 15.2 Å². The van der Waals surface area contributed by atoms with Crippen LogP contribution in [0.1, 0.15) is 31.0 Å². The number of methoxy groups -OCH3 is 1. The van der Waals surface area contributed by atoms with Crippen LogP contribution in [0, 0.1) is 0 Å². The van der Waals surface area contributed by atoms with Crippen LogP contribution in [0.4, 0.5) is 4.79 Å². The Kier molecular flexibility index (Phi) is 3.23. The molecule has 0 bridgehead atoms. The van der Waals surface area contributed by atoms with Gasteiger partial charge in [-0.05, 0) is 26.0 Å². The summed E-state index contributed by atoms with van der Waals surface area (Å²) in [5.74, 6) is 1.84. The van der Waals surface area contributed by atoms with Crippen molar-refractivity contribution >= 4 is 11.9 Å². The molecule has 2 atom stereocenters. The molecule has 1 aromatic carbocycles. The van der Waals surface area contributed by atoms with Gasteiger partial charge < -0.3 is 20.1 Å². The van der Waals surface area contributed by atoms with Crippen molar-refractivity contribution in [2.24, 2.45) is 10.7 Å². The summed E-state index contributed by atoms with van der Waals surface area (Å²) in [5.41, 5.74) is 7.89. The van der Waals surface area contributed by atoms with Crippen molar-refractivity contribution < 1.29 is 14.3 Å². The van der Waals surface area contributed by atoms with E-state index in [0.717, 1.165) is 23.3 Å². The Morgan fingerprint density at radius 1 is 1.52 bits per heavy atom. The number of amides is 2. The Hall–Kier alpha value is -2.24. The van der Waals surface area contributed by atoms with Crippen molar-refractivity contribution in [2.45, 2.75) is 32.4 Å². The van der Waals surface area contributed by atoms with Gasteiger partial charge in [-0.25, -0.2) is 4.79 Å². The van der Waals surface area contributed by atoms with Crippen LogP contribution in [-0.2, 0) is 6.42 Å². The van der Waals surface area contributed by atoms with Crippen LogP contribution < -0.4 is 15.2 Å². The molecule has 0 saturated carbocycles. The maximum atomic E-state index is 11.9. The minimum Gasteiger partial charge on any atom is -0.496 e. The fourth-order valence-corrected chi connectivity index (χ4v) is 3.00. The van der Waals surface area contributed by atoms with Gasteiger partial charge in [-0.3, -0.25) is 0 Å². The van der Waals surface area contributed by atoms with E-state index >= 15 is 0 Å². The first-order valence-electron chi connectivity index (χ1n) is 7.07. The van der Waals surface area contributed by atoms with Gasteiger partial charge in [0.25, 0.3) is 0 Å². The number of benzene rings is 1. The van der Waals surface area contributed by atoms with Crippen molar-refractivity contribution in [1.82, 2.24) is 4.90 Å². The Balaban J connectivity index is 2.08. The molecule has 0 fully saturated rings. The Morgan fingerprint density at radius 2 is 2.29 bits per heavy atom. The van der Waals surface area contributed by atoms with Crippen molar-refractivity contribution in [3.05, 3.63) is 23.3 Å². The molecule has 2 N–H and O–H groups in total. The van der Waals surface area contributed by atoms with E-state index in [9.17, 15) is 4.79 Å². The summed E-state index contributed by atoms with van der Waals surface area (Å²) in [4.78, 5) is 17.4. The molecular formula is C15H19N3O3. The second-order valence-corrected chi connectivity index (χ2v) is 5.34. The molecule has 3 rings (SSSR count). The van der Waals surface area contributed by atoms with Crippen LogP contribution in [-0.4, -0.2) is 36.5 Å². The van der Waals surface area contributed by atoms with Crippen LogP contribution in [0.2, 0.25) is 0 Å². The molecule has 1 aromatic rings. The number of ether oxygens (including phenoxy) is 2. The molecule has 0 radical (unpaired) electrons. The number of nitrogens with zero attached hydrogens (tertiary/aromatic N) is 2. The predicted octanol–water partition coefficient (Wildman–Crippen LogP) is 1.87. The first kappa shape index (κ1) is 13.7. The van der Waals surface area contributed by atoms with E-state index in [0.29, 0.717) is 18.1 Å². The molecule has 6 heteroatoms. The van der Waals surface area contributed by atoms with E-state index in [2.05, 4.69) is 4.99 Å². The molecule has 2 aliphatic heterocycles. The number of likely N-dealkylation sites (N-methyl/N-ethyl adjacent to an activating group) is 1. The van der Waals surface area contributed by atoms with Crippen LogP contribution in [0.15, 0.2) is 17.1 Å². The van der Waals surface area contributed by atoms with Crippen molar-refractivity contribution in [3.8, 4) is 11.5 Å². The zero-order valence-electron chi connectivity index (χ0n) is 12.4. The minimum atomic E-state index is -0.387. The molecule has 0 aliphatic carbocycles. The molecule has 2 heterocycles. The summed E-state index contributed by atoms with van der Waals surface area (Å²) in [6, 6.07) is 3.20. The zero-order valence-corrected chi connectivity index (χ0v) is 12.4. The van der Waals surface area contributed by atoms with Gasteiger partial charge in [0.1, 0.15) is 29.5 Å². The lowest BCUT2D eigenvalue weighted by Gasteiger charge is -2.25. The smallest absolute Gasteiger partial charge is 0.346 e. The number of fused-ring (bicyclic) bond motifs is 1. The standard InChI is InChI=1S/C15H19N3O3/c1-4-18-13(14(16)17-15(18)19)10-7-11-9(5-8(2)21-11)6-12(10)20-3/h6-8,13H,4-5H2,1-3H3,(H2,16,17,19). The average Bonchev–Trinajstić information content (AvgIpc) is 2.94. The highest BCUT2D eigenvalue weighted by Crippen LogP contribution is 2.40. The molecule has 0 spiro atoms. The van der Waals surface area contributed by atoms with Crippen LogP contribution in [0.25, 0.3) is 0 Å². The Bertz CT molecular complexity index is 627. The SMILES string of the molecule is CCN1C(=O)N=C(N)C1c1cc2c(cc1OC)CC(C)O2. The number of amidine groups is 1. The van der Waals surface area contributed by atoms with E-state index in [-0.39, 0.29) is 18.2 Å². The molecule has 2 unspecified atom stereocenters. The van der Waals surface area contributed by atoms with Crippen molar-refractivity contribution in [2.75, 3.05) is 13.7 Å². The number of hydrogen-bond acceptors (Lipinski definition) is 4. The first-order chi connectivity index (χ1) is 10.0. The average molecular weight is 289 g/mol. The molecule has 112 valence electrons. The largest absolute Gasteiger partial charge is 0.496 e. The predicted molar refractivity (Wildman–Crippen MR) is 78.9 cm³/mol. The lowest BCUT2D eigenvalue weighted by molar-refractivity contribution is 0.208. The first-order valence-corrected chi connectivity index (χ1v) is 7.07. The number of hydrogen-bond donors (Lipinski definition) is 1. The molecule has 2 amide bonds. The van der Waals surface area contributed by atoms with Gasteiger partial charge >= 0.3 is 6.03 Å². The molecule has 6 nitrogen and oxygen atoms in total. The van der Waals surface area contributed by atoms with E-state index < -0.39 is 0 Å². The quantitative estimate of drug-likeness (QED) is 0.921. The number of carbonyl (C=O) groups excluding carboxylic acids is 1. The molecule has 0 aromatic heterocycles. The highest BCUT2D eigenvalue weighted by Gasteiger charge is 2.36. The maximum Gasteiger partial charge on any atom is 0.346 e. The summed E-state index contributed by atoms with van der Waals surface area (Å²) < 4.78 is 11.3. The van der Waals surface area contributed by atoms with Gasteiger partial charge in [-0.15, -0.1) is 0 Å². The van der Waals surface area contributed by atoms with Crippen molar-refractivity contribution in [3.63, 3.8) is 0 Å². The van der Waals surface area contributed by atoms with Gasteiger partial charge in [0.2, 0.25) is 0 Å². The van der Waals surface area contributed by atoms with Gasteiger partial charge in [0, 0.05) is 24.1 Å². The number of urea groups is 1. The number of carbonyl (C=O) groups is 1. The van der Waals surface area contributed by atoms with Gasteiger partial charge in [0.05, 0.1) is 7.11 Å². The van der Waals surface area contributed by atoms with Crippen LogP contribution in [0.3, 0.4) is 0 Å². The normalized spacial score (nSPS) is 23.9. The highest BCUT2D eigenvalue weighted by molar-refractivity contribution is 6.03. The monoisotopic (exact) mass is 289 g/mol. The number of nitrogens with two attached hydrogens (primary N) is 1. The van der Waals surface area contributed by atoms with Gasteiger partial charge in [-0.2, -0.15) is 4.99 Å². The van der Waals surface area contributed by atoms with Crippen molar-refractivity contribution in [1.29, 1.82) is 0 Å². The Morgan fingerprint density at radius 3 is 2.95 bits per heavy atom. The Labute approximate surface area is 123 Å². The lowest BCUT2D eigenvalue weighted by atomic mass is 10.00. The summed E-state index contributed by atoms with van der Waals surface area (Å²) in [6.07, 6.45) is 1.01. The van der Waals surface area contributed by atoms with E-state index in [1.165, 1.54) is 0 Å². The molecule has 2 aliphatic rings. The third-order valence-corrected chi connectivity index (χ3v) is 3.95. The fraction of sp³-hybridized carbons (Fsp3) is 0.467. The van der Waals surface area contributed by atoms with Crippen LogP contribution in [0.5, 0.6) is 11.5 Å². The summed E-state index contributed by atoms with van der Waals surface area (Å²) in [7, 11) is 1.62. The molecule has 0 saturated heterocycles. The second-order valence-electron chi connectivity index (χ2n) is 5.34. The molecular weight excluding hydrogens is 270 g/mol. The summed E-state index contributed by atoms with van der Waals surface area (Å²) in [6.45, 7) is 4.46. The topological polar surface area (TPSA) is 77.2 Å². The summed E-state index contributed by atoms with van der Waals surface area (Å²) in [5, 5.41) is 0. The molecule has 21 heavy (non-hydrogen) atoms. The third-order valence-electron chi connectivity index (χ3n) is 3.95. The second kappa shape index (κ2) is 4.95. The maximum absolute atomic E-state index is 11.9. The lowest BCUT2D eigenvalue weighted by Crippen LogP contribution is -2.33. The van der Waals surface area contributed by atoms with Crippen LogP contribution >= 0.6 is 0 Å². The zero-order chi connectivity index (χ0) is 15.1. The fourth-order valence-electron chi connectivity index (χ4n) is 3.00. The number of aliphatic imine (C=N–C) groups is 1. The summed E-state index contributed by atoms with van der Waals surface area (Å²) >= 11 is 0. The van der Waals surface area contributed by atoms with E-state index in [1.807, 2.05) is 26.0 Å². The van der Waals surface area contributed by atoms with Gasteiger partial charge in [-0.1, -0.05) is 0 Å². The highest BCUT2D eigenvalue weighted by atomic mass is 16.5. The minimum absolute atomic E-state index is 0.151. The van der Waals surface area contributed by atoms with E-state index in [1.54, 1.807) is 12.0 Å². The van der Waals surface area contributed by atoms with Gasteiger partial charge in [0.15, 0.2) is 0 Å². The number of rotatable bonds is 3.